The molecule has 28 heavy (non-hydrogen) atoms. The lowest BCUT2D eigenvalue weighted by atomic mass is 10.2. The Morgan fingerprint density at radius 1 is 0.786 bits per heavy atom. The number of ether oxygens (including phenoxy) is 2. The fourth-order valence-corrected chi connectivity index (χ4v) is 3.14. The molecule has 0 spiro atoms. The van der Waals surface area contributed by atoms with Gasteiger partial charge in [-0.05, 0) is 35.4 Å². The lowest BCUT2D eigenvalue weighted by Gasteiger charge is -2.15. The van der Waals surface area contributed by atoms with Gasteiger partial charge in [0.05, 0.1) is 33.2 Å². The van der Waals surface area contributed by atoms with Gasteiger partial charge >= 0.3 is 5.69 Å². The van der Waals surface area contributed by atoms with Crippen LogP contribution in [0.5, 0.6) is 11.5 Å². The minimum absolute atomic E-state index is 0.0734. The maximum absolute atomic E-state index is 13.0. The molecular formula is C21H21ClN2O4. The molecule has 3 rings (SSSR count). The van der Waals surface area contributed by atoms with Crippen LogP contribution in [-0.2, 0) is 19.0 Å². The van der Waals surface area contributed by atoms with Crippen LogP contribution in [0.15, 0.2) is 64.2 Å². The van der Waals surface area contributed by atoms with Gasteiger partial charge in [0.25, 0.3) is 5.56 Å². The quantitative estimate of drug-likeness (QED) is 0.572. The van der Waals surface area contributed by atoms with Crippen molar-refractivity contribution in [3.8, 4) is 11.5 Å². The highest BCUT2D eigenvalue weighted by Crippen LogP contribution is 2.14. The van der Waals surface area contributed by atoms with Gasteiger partial charge in [-0.1, -0.05) is 24.3 Å². The smallest absolute Gasteiger partial charge is 0.331 e. The molecule has 1 heterocycles. The third-order valence-corrected chi connectivity index (χ3v) is 4.77. The van der Waals surface area contributed by atoms with Crippen LogP contribution in [0.25, 0.3) is 0 Å². The van der Waals surface area contributed by atoms with Crippen molar-refractivity contribution >= 4 is 11.6 Å². The summed E-state index contributed by atoms with van der Waals surface area (Å²) in [7, 11) is 3.18. The minimum atomic E-state index is -0.394. The monoisotopic (exact) mass is 400 g/mol. The van der Waals surface area contributed by atoms with Crippen LogP contribution < -0.4 is 20.7 Å². The van der Waals surface area contributed by atoms with Gasteiger partial charge < -0.3 is 9.47 Å². The van der Waals surface area contributed by atoms with E-state index < -0.39 is 5.69 Å². The van der Waals surface area contributed by atoms with Crippen LogP contribution in [0, 0.1) is 0 Å². The van der Waals surface area contributed by atoms with Crippen LogP contribution in [0.4, 0.5) is 0 Å². The van der Waals surface area contributed by atoms with Crippen LogP contribution in [0.2, 0.25) is 0 Å². The predicted molar refractivity (Wildman–Crippen MR) is 109 cm³/mol. The van der Waals surface area contributed by atoms with Gasteiger partial charge in [-0.25, -0.2) is 4.79 Å². The van der Waals surface area contributed by atoms with E-state index in [1.165, 1.54) is 15.2 Å². The SMILES string of the molecule is COc1ccc(Cn2c(CCl)cc(=O)n(Cc3ccc(OC)cc3)c2=O)cc1. The van der Waals surface area contributed by atoms with Gasteiger partial charge in [-0.15, -0.1) is 11.6 Å². The number of hydrogen-bond acceptors (Lipinski definition) is 4. The molecule has 6 nitrogen and oxygen atoms in total. The van der Waals surface area contributed by atoms with Gasteiger partial charge in [-0.3, -0.25) is 13.9 Å². The summed E-state index contributed by atoms with van der Waals surface area (Å²) in [5.41, 5.74) is 1.45. The summed E-state index contributed by atoms with van der Waals surface area (Å²) in [6.07, 6.45) is 0. The molecule has 3 aromatic rings. The standard InChI is InChI=1S/C21H21ClN2O4/c1-27-18-7-3-15(4-8-18)13-23-17(12-22)11-20(25)24(21(23)26)14-16-5-9-19(28-2)10-6-16/h3-11H,12-14H2,1-2H3. The summed E-state index contributed by atoms with van der Waals surface area (Å²) < 4.78 is 13.0. The van der Waals surface area contributed by atoms with E-state index in [0.717, 1.165) is 16.9 Å². The summed E-state index contributed by atoms with van der Waals surface area (Å²) in [4.78, 5) is 25.5. The Bertz CT molecular complexity index is 1050. The zero-order valence-corrected chi connectivity index (χ0v) is 16.5. The predicted octanol–water partition coefficient (Wildman–Crippen LogP) is 2.86. The van der Waals surface area contributed by atoms with E-state index in [0.29, 0.717) is 18.0 Å². The molecule has 0 aliphatic heterocycles. The van der Waals surface area contributed by atoms with Crippen molar-refractivity contribution in [2.45, 2.75) is 19.0 Å². The molecule has 2 aromatic carbocycles. The van der Waals surface area contributed by atoms with Crippen molar-refractivity contribution < 1.29 is 9.47 Å². The summed E-state index contributed by atoms with van der Waals surface area (Å²) >= 11 is 5.99. The van der Waals surface area contributed by atoms with Crippen LogP contribution in [0.3, 0.4) is 0 Å². The fraction of sp³-hybridized carbons (Fsp3) is 0.238. The van der Waals surface area contributed by atoms with E-state index in [1.807, 2.05) is 36.4 Å². The molecule has 0 atom stereocenters. The molecule has 0 aliphatic carbocycles. The third-order valence-electron chi connectivity index (χ3n) is 4.50. The van der Waals surface area contributed by atoms with E-state index >= 15 is 0 Å². The second-order valence-electron chi connectivity index (χ2n) is 6.26. The van der Waals surface area contributed by atoms with Crippen molar-refractivity contribution in [2.75, 3.05) is 14.2 Å². The molecule has 0 N–H and O–H groups in total. The summed E-state index contributed by atoms with van der Waals surface area (Å²) in [6.45, 7) is 0.487. The van der Waals surface area contributed by atoms with Gasteiger partial charge in [0, 0.05) is 11.8 Å². The third kappa shape index (κ3) is 4.28. The van der Waals surface area contributed by atoms with Crippen molar-refractivity contribution in [1.82, 2.24) is 9.13 Å². The number of alkyl halides is 1. The fourth-order valence-electron chi connectivity index (χ4n) is 2.91. The molecular weight excluding hydrogens is 380 g/mol. The van der Waals surface area contributed by atoms with E-state index in [2.05, 4.69) is 0 Å². The molecule has 0 saturated carbocycles. The number of methoxy groups -OCH3 is 2. The van der Waals surface area contributed by atoms with E-state index in [-0.39, 0.29) is 18.0 Å². The maximum atomic E-state index is 13.0. The highest BCUT2D eigenvalue weighted by atomic mass is 35.5. The first kappa shape index (κ1) is 19.8. The zero-order chi connectivity index (χ0) is 20.1. The van der Waals surface area contributed by atoms with Crippen LogP contribution in [0.1, 0.15) is 16.8 Å². The Morgan fingerprint density at radius 2 is 1.25 bits per heavy atom. The van der Waals surface area contributed by atoms with Crippen LogP contribution >= 0.6 is 11.6 Å². The van der Waals surface area contributed by atoms with Crippen molar-refractivity contribution in [2.24, 2.45) is 0 Å². The van der Waals surface area contributed by atoms with Gasteiger partial charge in [-0.2, -0.15) is 0 Å². The first-order valence-electron chi connectivity index (χ1n) is 8.71. The highest BCUT2D eigenvalue weighted by molar-refractivity contribution is 6.16. The number of hydrogen-bond donors (Lipinski definition) is 0. The van der Waals surface area contributed by atoms with Crippen LogP contribution in [-0.4, -0.2) is 23.4 Å². The molecule has 0 bridgehead atoms. The maximum Gasteiger partial charge on any atom is 0.331 e. The molecule has 0 unspecified atom stereocenters. The molecule has 0 fully saturated rings. The van der Waals surface area contributed by atoms with Crippen molar-refractivity contribution in [3.63, 3.8) is 0 Å². The average molecular weight is 401 g/mol. The molecule has 0 radical (unpaired) electrons. The van der Waals surface area contributed by atoms with Crippen molar-refractivity contribution in [1.29, 1.82) is 0 Å². The Balaban J connectivity index is 1.97. The molecule has 1 aromatic heterocycles. The molecule has 0 saturated heterocycles. The van der Waals surface area contributed by atoms with Gasteiger partial charge in [0.2, 0.25) is 0 Å². The van der Waals surface area contributed by atoms with Crippen molar-refractivity contribution in [3.05, 3.63) is 92.3 Å². The Kier molecular flexibility index (Phi) is 6.21. The Hall–Kier alpha value is -2.99. The Labute approximate surface area is 167 Å². The zero-order valence-electron chi connectivity index (χ0n) is 15.7. The number of nitrogens with zero attached hydrogens (tertiary/aromatic N) is 2. The number of benzene rings is 2. The normalized spacial score (nSPS) is 10.7. The summed E-state index contributed by atoms with van der Waals surface area (Å²) in [5.74, 6) is 1.52. The second kappa shape index (κ2) is 8.80. The largest absolute Gasteiger partial charge is 0.497 e. The number of halogens is 1. The lowest BCUT2D eigenvalue weighted by Crippen LogP contribution is -2.41. The summed E-state index contributed by atoms with van der Waals surface area (Å²) in [5, 5.41) is 0. The van der Waals surface area contributed by atoms with E-state index in [4.69, 9.17) is 21.1 Å². The van der Waals surface area contributed by atoms with E-state index in [1.54, 1.807) is 26.4 Å². The molecule has 7 heteroatoms. The molecule has 0 amide bonds. The molecule has 146 valence electrons. The first-order valence-corrected chi connectivity index (χ1v) is 9.24. The highest BCUT2D eigenvalue weighted by Gasteiger charge is 2.12. The van der Waals surface area contributed by atoms with Gasteiger partial charge in [0.1, 0.15) is 11.5 Å². The number of aromatic nitrogens is 2. The lowest BCUT2D eigenvalue weighted by molar-refractivity contribution is 0.414. The summed E-state index contributed by atoms with van der Waals surface area (Å²) in [6, 6.07) is 16.1. The van der Waals surface area contributed by atoms with E-state index in [9.17, 15) is 9.59 Å². The first-order chi connectivity index (χ1) is 13.5. The topological polar surface area (TPSA) is 62.5 Å². The Morgan fingerprint density at radius 3 is 1.68 bits per heavy atom. The minimum Gasteiger partial charge on any atom is -0.497 e. The number of rotatable bonds is 7. The second-order valence-corrected chi connectivity index (χ2v) is 6.53. The van der Waals surface area contributed by atoms with Gasteiger partial charge in [0.15, 0.2) is 0 Å². The average Bonchev–Trinajstić information content (AvgIpc) is 2.73. The molecule has 0 aliphatic rings.